The Kier molecular flexibility index (Phi) is 2.91. The molecule has 2 aromatic rings. The highest BCUT2D eigenvalue weighted by molar-refractivity contribution is 5.78. The first-order valence-corrected chi connectivity index (χ1v) is 5.73. The number of hydrogen-bond donors (Lipinski definition) is 3. The van der Waals surface area contributed by atoms with Crippen LogP contribution < -0.4 is 0 Å². The van der Waals surface area contributed by atoms with E-state index in [9.17, 15) is 15.3 Å². The molecule has 0 fully saturated rings. The van der Waals surface area contributed by atoms with E-state index in [2.05, 4.69) is 0 Å². The van der Waals surface area contributed by atoms with Crippen molar-refractivity contribution in [3.05, 3.63) is 41.0 Å². The van der Waals surface area contributed by atoms with Gasteiger partial charge in [0.05, 0.1) is 0 Å². The van der Waals surface area contributed by atoms with E-state index in [0.717, 1.165) is 22.8 Å². The smallest absolute Gasteiger partial charge is 0.161 e. The Morgan fingerprint density at radius 1 is 0.722 bits per heavy atom. The Labute approximate surface area is 106 Å². The molecule has 0 radical (unpaired) electrons. The van der Waals surface area contributed by atoms with Crippen LogP contribution in [0, 0.1) is 20.8 Å². The van der Waals surface area contributed by atoms with Gasteiger partial charge in [-0.3, -0.25) is 0 Å². The van der Waals surface area contributed by atoms with Crippen molar-refractivity contribution in [3.8, 4) is 28.4 Å². The van der Waals surface area contributed by atoms with Crippen molar-refractivity contribution < 1.29 is 15.3 Å². The number of aryl methyl sites for hydroxylation is 2. The van der Waals surface area contributed by atoms with Crippen LogP contribution in [0.1, 0.15) is 16.7 Å². The minimum Gasteiger partial charge on any atom is -0.507 e. The van der Waals surface area contributed by atoms with Gasteiger partial charge in [-0.05, 0) is 26.3 Å². The van der Waals surface area contributed by atoms with Gasteiger partial charge in [-0.2, -0.15) is 0 Å². The van der Waals surface area contributed by atoms with Crippen molar-refractivity contribution in [2.24, 2.45) is 0 Å². The predicted molar refractivity (Wildman–Crippen MR) is 71.1 cm³/mol. The molecular formula is C15H16O3. The zero-order valence-corrected chi connectivity index (χ0v) is 10.7. The summed E-state index contributed by atoms with van der Waals surface area (Å²) in [5.41, 5.74) is 4.01. The third-order valence-electron chi connectivity index (χ3n) is 3.01. The minimum absolute atomic E-state index is 0.0344. The highest BCUT2D eigenvalue weighted by Crippen LogP contribution is 2.42. The minimum atomic E-state index is -0.307. The van der Waals surface area contributed by atoms with Crippen LogP contribution in [0.4, 0.5) is 0 Å². The fourth-order valence-corrected chi connectivity index (χ4v) is 2.26. The molecule has 0 amide bonds. The lowest BCUT2D eigenvalue weighted by Gasteiger charge is -2.13. The second-order valence-corrected chi connectivity index (χ2v) is 4.64. The maximum Gasteiger partial charge on any atom is 0.161 e. The summed E-state index contributed by atoms with van der Waals surface area (Å²) >= 11 is 0. The second-order valence-electron chi connectivity index (χ2n) is 4.64. The van der Waals surface area contributed by atoms with Gasteiger partial charge in [0.15, 0.2) is 11.5 Å². The monoisotopic (exact) mass is 244 g/mol. The largest absolute Gasteiger partial charge is 0.507 e. The quantitative estimate of drug-likeness (QED) is 0.532. The summed E-state index contributed by atoms with van der Waals surface area (Å²) in [7, 11) is 0. The molecule has 3 heteroatoms. The van der Waals surface area contributed by atoms with E-state index in [1.807, 2.05) is 32.0 Å². The highest BCUT2D eigenvalue weighted by atomic mass is 16.3. The molecule has 94 valence electrons. The molecule has 0 spiro atoms. The Bertz CT molecular complexity index is 595. The molecule has 0 aliphatic heterocycles. The lowest BCUT2D eigenvalue weighted by Crippen LogP contribution is -1.88. The van der Waals surface area contributed by atoms with E-state index in [1.165, 1.54) is 0 Å². The van der Waals surface area contributed by atoms with Gasteiger partial charge in [0.2, 0.25) is 0 Å². The molecule has 18 heavy (non-hydrogen) atoms. The van der Waals surface area contributed by atoms with Crippen LogP contribution >= 0.6 is 0 Å². The van der Waals surface area contributed by atoms with Gasteiger partial charge < -0.3 is 15.3 Å². The fraction of sp³-hybridized carbons (Fsp3) is 0.200. The topological polar surface area (TPSA) is 60.7 Å². The van der Waals surface area contributed by atoms with Gasteiger partial charge in [0, 0.05) is 17.2 Å². The van der Waals surface area contributed by atoms with E-state index < -0.39 is 0 Å². The zero-order valence-electron chi connectivity index (χ0n) is 10.7. The standard InChI is InChI=1S/C15H16O3/c1-8-4-9(2)6-11(5-8)14-10(3)15(18)13(17)7-12(14)16/h4-7,16-18H,1-3H3. The molecule has 0 aromatic heterocycles. The third-order valence-corrected chi connectivity index (χ3v) is 3.01. The molecule has 0 aliphatic rings. The van der Waals surface area contributed by atoms with Crippen molar-refractivity contribution in [1.82, 2.24) is 0 Å². The molecule has 0 saturated heterocycles. The van der Waals surface area contributed by atoms with Gasteiger partial charge in [0.25, 0.3) is 0 Å². The van der Waals surface area contributed by atoms with Crippen LogP contribution in [0.15, 0.2) is 24.3 Å². The molecule has 0 bridgehead atoms. The molecular weight excluding hydrogens is 228 g/mol. The van der Waals surface area contributed by atoms with Crippen LogP contribution in [0.3, 0.4) is 0 Å². The molecule has 3 nitrogen and oxygen atoms in total. The number of aromatic hydroxyl groups is 3. The molecule has 0 saturated carbocycles. The van der Waals surface area contributed by atoms with E-state index in [1.54, 1.807) is 6.92 Å². The van der Waals surface area contributed by atoms with Crippen molar-refractivity contribution in [1.29, 1.82) is 0 Å². The normalized spacial score (nSPS) is 10.6. The number of rotatable bonds is 1. The lowest BCUT2D eigenvalue weighted by atomic mass is 9.95. The van der Waals surface area contributed by atoms with E-state index >= 15 is 0 Å². The number of hydrogen-bond acceptors (Lipinski definition) is 3. The Morgan fingerprint density at radius 3 is 1.83 bits per heavy atom. The lowest BCUT2D eigenvalue weighted by molar-refractivity contribution is 0.394. The van der Waals surface area contributed by atoms with Crippen LogP contribution in [0.2, 0.25) is 0 Å². The molecule has 0 aliphatic carbocycles. The molecule has 0 atom stereocenters. The average molecular weight is 244 g/mol. The van der Waals surface area contributed by atoms with Crippen LogP contribution in [-0.2, 0) is 0 Å². The number of benzene rings is 2. The molecule has 0 unspecified atom stereocenters. The first-order chi connectivity index (χ1) is 8.40. The second kappa shape index (κ2) is 4.26. The maximum atomic E-state index is 9.96. The van der Waals surface area contributed by atoms with Crippen molar-refractivity contribution >= 4 is 0 Å². The van der Waals surface area contributed by atoms with Crippen molar-refractivity contribution in [2.45, 2.75) is 20.8 Å². The van der Waals surface area contributed by atoms with Gasteiger partial charge in [0.1, 0.15) is 5.75 Å². The van der Waals surface area contributed by atoms with Crippen LogP contribution in [-0.4, -0.2) is 15.3 Å². The summed E-state index contributed by atoms with van der Waals surface area (Å²) in [6.07, 6.45) is 0. The van der Waals surface area contributed by atoms with Gasteiger partial charge in [-0.25, -0.2) is 0 Å². The maximum absolute atomic E-state index is 9.96. The summed E-state index contributed by atoms with van der Waals surface area (Å²) in [5.74, 6) is -0.534. The SMILES string of the molecule is Cc1cc(C)cc(-c2c(O)cc(O)c(O)c2C)c1. The van der Waals surface area contributed by atoms with E-state index in [0.29, 0.717) is 11.1 Å². The summed E-state index contributed by atoms with van der Waals surface area (Å²) in [6.45, 7) is 5.62. The zero-order chi connectivity index (χ0) is 13.4. The Morgan fingerprint density at radius 2 is 1.28 bits per heavy atom. The first-order valence-electron chi connectivity index (χ1n) is 5.73. The highest BCUT2D eigenvalue weighted by Gasteiger charge is 2.15. The summed E-state index contributed by atoms with van der Waals surface area (Å²) in [4.78, 5) is 0. The Balaban J connectivity index is 2.75. The average Bonchev–Trinajstić information content (AvgIpc) is 2.24. The molecule has 2 rings (SSSR count). The first kappa shape index (κ1) is 12.3. The van der Waals surface area contributed by atoms with Crippen molar-refractivity contribution in [3.63, 3.8) is 0 Å². The van der Waals surface area contributed by atoms with E-state index in [4.69, 9.17) is 0 Å². The number of phenolic OH excluding ortho intramolecular Hbond substituents is 3. The predicted octanol–water partition coefficient (Wildman–Crippen LogP) is 3.40. The van der Waals surface area contributed by atoms with E-state index in [-0.39, 0.29) is 17.2 Å². The summed E-state index contributed by atoms with van der Waals surface area (Å²) in [5, 5.41) is 29.2. The third kappa shape index (κ3) is 1.99. The summed E-state index contributed by atoms with van der Waals surface area (Å²) in [6, 6.07) is 7.07. The molecule has 3 N–H and O–H groups in total. The molecule has 2 aromatic carbocycles. The number of phenols is 3. The van der Waals surface area contributed by atoms with Gasteiger partial charge >= 0.3 is 0 Å². The Hall–Kier alpha value is -2.16. The van der Waals surface area contributed by atoms with Crippen molar-refractivity contribution in [2.75, 3.05) is 0 Å². The van der Waals surface area contributed by atoms with Gasteiger partial charge in [-0.15, -0.1) is 0 Å². The fourth-order valence-electron chi connectivity index (χ4n) is 2.26. The van der Waals surface area contributed by atoms with Crippen LogP contribution in [0.5, 0.6) is 17.2 Å². The summed E-state index contributed by atoms with van der Waals surface area (Å²) < 4.78 is 0. The molecule has 0 heterocycles. The van der Waals surface area contributed by atoms with Crippen LogP contribution in [0.25, 0.3) is 11.1 Å². The van der Waals surface area contributed by atoms with Gasteiger partial charge in [-0.1, -0.05) is 29.3 Å².